The molecule has 2 aliphatic heterocycles. The second kappa shape index (κ2) is 10.0. The van der Waals surface area contributed by atoms with Gasteiger partial charge >= 0.3 is 0 Å². The fraction of sp³-hybridized carbons (Fsp3) is 0.458. The molecule has 9 heteroatoms. The minimum Gasteiger partial charge on any atom is -0.494 e. The molecule has 2 aliphatic rings. The molecule has 0 radical (unpaired) electrons. The number of hydrogen-bond donors (Lipinski definition) is 0. The molecular formula is C24H28FN3O3S2. The lowest BCUT2D eigenvalue weighted by molar-refractivity contribution is 0.0411. The molecule has 0 amide bonds. The highest BCUT2D eigenvalue weighted by atomic mass is 32.2. The van der Waals surface area contributed by atoms with Gasteiger partial charge in [0, 0.05) is 23.4 Å². The van der Waals surface area contributed by atoms with E-state index in [9.17, 15) is 9.18 Å². The van der Waals surface area contributed by atoms with Gasteiger partial charge in [0.2, 0.25) is 0 Å². The molecule has 176 valence electrons. The highest BCUT2D eigenvalue weighted by Crippen LogP contribution is 2.44. The van der Waals surface area contributed by atoms with Gasteiger partial charge in [-0.05, 0) is 38.2 Å². The van der Waals surface area contributed by atoms with Crippen LogP contribution in [0.2, 0.25) is 0 Å². The average molecular weight is 490 g/mol. The molecule has 33 heavy (non-hydrogen) atoms. The quantitative estimate of drug-likeness (QED) is 0.270. The van der Waals surface area contributed by atoms with Crippen molar-refractivity contribution in [3.63, 3.8) is 0 Å². The van der Waals surface area contributed by atoms with Gasteiger partial charge in [0.15, 0.2) is 17.3 Å². The van der Waals surface area contributed by atoms with E-state index < -0.39 is 5.82 Å². The van der Waals surface area contributed by atoms with Crippen molar-refractivity contribution in [1.82, 2.24) is 14.9 Å². The molecule has 1 aromatic carbocycles. The van der Waals surface area contributed by atoms with Crippen LogP contribution >= 0.6 is 23.1 Å². The van der Waals surface area contributed by atoms with Crippen LogP contribution in [0, 0.1) is 18.7 Å². The van der Waals surface area contributed by atoms with Crippen molar-refractivity contribution in [2.24, 2.45) is 5.92 Å². The average Bonchev–Trinajstić information content (AvgIpc) is 3.43. The standard InChI is InChI=1S/C22H22FN3O3S2.C2H6/c1-11-24-13-4-5-15(28-3)19(23)18(13)22(25-11)30-10-14(27)16-6-7-17(31-16)21-20-12(9-29-21)8-26(20)2;1-2/h4-7,12,20-21H,8-10H2,1-3H3;1-2H3/t12?,20-,21?;/m0./s1. The smallest absolute Gasteiger partial charge is 0.183 e. The Morgan fingerprint density at radius 2 is 2.09 bits per heavy atom. The Balaban J connectivity index is 0.00000126. The molecule has 4 heterocycles. The number of Topliss-reactive ketones (excluding diaryl/α,β-unsaturated/α-hetero) is 1. The largest absolute Gasteiger partial charge is 0.494 e. The van der Waals surface area contributed by atoms with Crippen LogP contribution in [0.15, 0.2) is 29.3 Å². The molecule has 0 aliphatic carbocycles. The molecule has 3 atom stereocenters. The summed E-state index contributed by atoms with van der Waals surface area (Å²) in [7, 11) is 3.53. The Bertz CT molecular complexity index is 1170. The van der Waals surface area contributed by atoms with Crippen LogP contribution in [0.25, 0.3) is 10.9 Å². The highest BCUT2D eigenvalue weighted by molar-refractivity contribution is 8.00. The van der Waals surface area contributed by atoms with Crippen LogP contribution in [0.5, 0.6) is 5.75 Å². The van der Waals surface area contributed by atoms with E-state index in [0.717, 1.165) is 18.0 Å². The number of ketones is 1. The zero-order chi connectivity index (χ0) is 23.7. The number of aryl methyl sites for hydroxylation is 1. The number of methoxy groups -OCH3 is 1. The second-order valence-electron chi connectivity index (χ2n) is 7.91. The van der Waals surface area contributed by atoms with E-state index in [0.29, 0.717) is 33.2 Å². The lowest BCUT2D eigenvalue weighted by Crippen LogP contribution is -2.53. The van der Waals surface area contributed by atoms with E-state index in [1.54, 1.807) is 19.1 Å². The number of likely N-dealkylation sites (tertiary alicyclic amines) is 1. The van der Waals surface area contributed by atoms with Crippen LogP contribution in [-0.2, 0) is 4.74 Å². The SMILES string of the molecule is CC.COc1ccc2nc(C)nc(SCC(=O)c3ccc(C4OCC5CN(C)[C@@H]54)s3)c2c1F. The maximum Gasteiger partial charge on any atom is 0.183 e. The minimum atomic E-state index is -0.508. The molecule has 2 saturated heterocycles. The molecule has 5 rings (SSSR count). The van der Waals surface area contributed by atoms with Gasteiger partial charge in [-0.1, -0.05) is 25.6 Å². The third-order valence-corrected chi connectivity index (χ3v) is 8.06. The second-order valence-corrected chi connectivity index (χ2v) is 9.99. The molecular weight excluding hydrogens is 461 g/mol. The van der Waals surface area contributed by atoms with E-state index in [2.05, 4.69) is 21.9 Å². The third kappa shape index (κ3) is 4.51. The summed E-state index contributed by atoms with van der Waals surface area (Å²) in [5, 5.41) is 0.732. The number of rotatable bonds is 6. The maximum absolute atomic E-state index is 14.9. The van der Waals surface area contributed by atoms with E-state index in [-0.39, 0.29) is 28.8 Å². The first-order valence-corrected chi connectivity index (χ1v) is 12.8. The van der Waals surface area contributed by atoms with Crippen molar-refractivity contribution in [2.75, 3.05) is 33.1 Å². The lowest BCUT2D eigenvalue weighted by atomic mass is 9.88. The lowest BCUT2D eigenvalue weighted by Gasteiger charge is -2.42. The van der Waals surface area contributed by atoms with E-state index in [4.69, 9.17) is 9.47 Å². The van der Waals surface area contributed by atoms with Gasteiger partial charge in [0.1, 0.15) is 17.0 Å². The number of nitrogens with zero attached hydrogens (tertiary/aromatic N) is 3. The summed E-state index contributed by atoms with van der Waals surface area (Å²) >= 11 is 2.72. The number of fused-ring (bicyclic) bond motifs is 2. The molecule has 2 fully saturated rings. The Morgan fingerprint density at radius 1 is 1.30 bits per heavy atom. The molecule has 3 aromatic rings. The number of likely N-dealkylation sites (N-methyl/N-ethyl adjacent to an activating group) is 1. The Labute approximate surface area is 201 Å². The first-order chi connectivity index (χ1) is 16.0. The van der Waals surface area contributed by atoms with Crippen molar-refractivity contribution >= 4 is 39.8 Å². The monoisotopic (exact) mass is 489 g/mol. The number of benzene rings is 1. The normalized spacial score (nSPS) is 21.8. The molecule has 0 bridgehead atoms. The first-order valence-electron chi connectivity index (χ1n) is 11.0. The number of ether oxygens (including phenoxy) is 2. The van der Waals surface area contributed by atoms with Crippen molar-refractivity contribution < 1.29 is 18.7 Å². The Hall–Kier alpha value is -2.07. The predicted octanol–water partition coefficient (Wildman–Crippen LogP) is 5.15. The molecule has 2 aromatic heterocycles. The number of carbonyl (C=O) groups is 1. The fourth-order valence-electron chi connectivity index (χ4n) is 4.40. The number of thioether (sulfide) groups is 1. The van der Waals surface area contributed by atoms with E-state index in [1.165, 1.54) is 30.2 Å². The highest BCUT2D eigenvalue weighted by Gasteiger charge is 2.48. The van der Waals surface area contributed by atoms with Crippen LogP contribution in [0.4, 0.5) is 4.39 Å². The van der Waals surface area contributed by atoms with E-state index >= 15 is 0 Å². The molecule has 0 spiro atoms. The van der Waals surface area contributed by atoms with Crippen molar-refractivity contribution in [3.05, 3.63) is 45.7 Å². The van der Waals surface area contributed by atoms with Gasteiger partial charge in [-0.3, -0.25) is 9.69 Å². The van der Waals surface area contributed by atoms with Crippen LogP contribution in [0.1, 0.15) is 40.3 Å². The topological polar surface area (TPSA) is 64.5 Å². The summed E-state index contributed by atoms with van der Waals surface area (Å²) in [5.41, 5.74) is 0.497. The van der Waals surface area contributed by atoms with Gasteiger partial charge in [-0.25, -0.2) is 14.4 Å². The van der Waals surface area contributed by atoms with E-state index in [1.807, 2.05) is 26.0 Å². The van der Waals surface area contributed by atoms with Crippen LogP contribution in [0.3, 0.4) is 0 Å². The van der Waals surface area contributed by atoms with Gasteiger partial charge in [0.25, 0.3) is 0 Å². The minimum absolute atomic E-state index is 0.00881. The van der Waals surface area contributed by atoms with Crippen molar-refractivity contribution in [1.29, 1.82) is 0 Å². The Morgan fingerprint density at radius 3 is 2.82 bits per heavy atom. The third-order valence-electron chi connectivity index (χ3n) is 5.90. The number of halogens is 1. The summed E-state index contributed by atoms with van der Waals surface area (Å²) in [4.78, 5) is 25.7. The zero-order valence-electron chi connectivity index (χ0n) is 19.4. The number of hydrogen-bond acceptors (Lipinski definition) is 8. The fourth-order valence-corrected chi connectivity index (χ4v) is 6.48. The summed E-state index contributed by atoms with van der Waals surface area (Å²) in [6, 6.07) is 7.52. The zero-order valence-corrected chi connectivity index (χ0v) is 21.1. The number of aromatic nitrogens is 2. The first kappa shape index (κ1) is 24.1. The van der Waals surface area contributed by atoms with Gasteiger partial charge in [-0.2, -0.15) is 0 Å². The predicted molar refractivity (Wildman–Crippen MR) is 130 cm³/mol. The van der Waals surface area contributed by atoms with Gasteiger partial charge < -0.3 is 9.47 Å². The molecule has 2 unspecified atom stereocenters. The summed E-state index contributed by atoms with van der Waals surface area (Å²) in [5.74, 6) is 0.902. The Kier molecular flexibility index (Phi) is 7.33. The van der Waals surface area contributed by atoms with Gasteiger partial charge in [-0.15, -0.1) is 11.3 Å². The van der Waals surface area contributed by atoms with Crippen LogP contribution in [-0.4, -0.2) is 59.8 Å². The van der Waals surface area contributed by atoms with Crippen molar-refractivity contribution in [2.45, 2.75) is 37.9 Å². The molecule has 0 saturated carbocycles. The number of thiophene rings is 1. The molecule has 0 N–H and O–H groups in total. The summed E-state index contributed by atoms with van der Waals surface area (Å²) in [6.45, 7) is 7.61. The maximum atomic E-state index is 14.9. The van der Waals surface area contributed by atoms with Gasteiger partial charge in [0.05, 0.1) is 35.2 Å². The number of carbonyl (C=O) groups excluding carboxylic acids is 1. The summed E-state index contributed by atoms with van der Waals surface area (Å²) in [6.07, 6.45) is 0.0398. The van der Waals surface area contributed by atoms with Crippen molar-refractivity contribution in [3.8, 4) is 5.75 Å². The van der Waals surface area contributed by atoms with Crippen LogP contribution < -0.4 is 4.74 Å². The summed E-state index contributed by atoms with van der Waals surface area (Å²) < 4.78 is 26.0. The molecule has 6 nitrogen and oxygen atoms in total.